The molecule has 2 aromatic rings. The average Bonchev–Trinajstić information content (AvgIpc) is 2.48. The molecule has 0 N–H and O–H groups in total. The number of hydrogen-bond donors (Lipinski definition) is 0. The molecule has 2 rings (SSSR count). The average molecular weight is 469 g/mol. The molecule has 0 saturated heterocycles. The summed E-state index contributed by atoms with van der Waals surface area (Å²) in [5, 5.41) is 11.1. The van der Waals surface area contributed by atoms with Crippen LogP contribution in [0, 0.1) is 10.1 Å². The molecule has 126 valence electrons. The lowest BCUT2D eigenvalue weighted by Gasteiger charge is -2.12. The Balaban J connectivity index is 2.55. The molecule has 10 heteroatoms. The van der Waals surface area contributed by atoms with E-state index in [9.17, 15) is 28.1 Å². The summed E-state index contributed by atoms with van der Waals surface area (Å²) in [5.74, 6) is -0.463. The number of alkyl halides is 3. The second-order valence-corrected chi connectivity index (χ2v) is 6.23. The van der Waals surface area contributed by atoms with Crippen LogP contribution in [-0.2, 0) is 6.18 Å². The lowest BCUT2D eigenvalue weighted by molar-refractivity contribution is -0.385. The van der Waals surface area contributed by atoms with Crippen molar-refractivity contribution >= 4 is 43.8 Å². The smallest absolute Gasteiger partial charge is 0.416 e. The van der Waals surface area contributed by atoms with Gasteiger partial charge in [-0.25, -0.2) is 0 Å². The predicted octanol–water partition coefficient (Wildman–Crippen LogP) is 5.74. The number of halogens is 5. The maximum atomic E-state index is 12.7. The van der Waals surface area contributed by atoms with Crippen LogP contribution >= 0.6 is 31.9 Å². The van der Waals surface area contributed by atoms with Gasteiger partial charge in [-0.1, -0.05) is 15.9 Å². The molecule has 0 amide bonds. The maximum Gasteiger partial charge on any atom is 0.416 e. The first-order valence-corrected chi connectivity index (χ1v) is 7.70. The first kappa shape index (κ1) is 18.4. The van der Waals surface area contributed by atoms with Gasteiger partial charge in [0.05, 0.1) is 20.5 Å². The summed E-state index contributed by atoms with van der Waals surface area (Å²) in [7, 11) is 0. The number of ether oxygens (including phenoxy) is 1. The molecule has 0 aliphatic heterocycles. The Bertz CT molecular complexity index is 824. The Hall–Kier alpha value is -1.94. The first-order valence-electron chi connectivity index (χ1n) is 6.11. The highest BCUT2D eigenvalue weighted by molar-refractivity contribution is 9.11. The number of carbonyl (C=O) groups is 1. The number of carbonyl (C=O) groups excluding carboxylic acids is 1. The standard InChI is InChI=1S/C14H6Br2F3NO4/c15-9-3-7(6-21)13(10(16)5-9)24-12-2-1-8(14(17,18)19)4-11(12)20(22)23/h1-6H. The zero-order valence-corrected chi connectivity index (χ0v) is 14.6. The van der Waals surface area contributed by atoms with Crippen LogP contribution in [0.1, 0.15) is 15.9 Å². The summed E-state index contributed by atoms with van der Waals surface area (Å²) in [6, 6.07) is 4.81. The van der Waals surface area contributed by atoms with Crippen LogP contribution in [0.4, 0.5) is 18.9 Å². The van der Waals surface area contributed by atoms with Crippen molar-refractivity contribution in [2.75, 3.05) is 0 Å². The summed E-state index contributed by atoms with van der Waals surface area (Å²) in [6.07, 6.45) is -4.27. The van der Waals surface area contributed by atoms with Crippen LogP contribution in [0.3, 0.4) is 0 Å². The van der Waals surface area contributed by atoms with Crippen LogP contribution in [0.5, 0.6) is 11.5 Å². The summed E-state index contributed by atoms with van der Waals surface area (Å²) in [4.78, 5) is 21.2. The molecule has 0 unspecified atom stereocenters. The molecule has 0 heterocycles. The topological polar surface area (TPSA) is 69.4 Å². The number of hydrogen-bond acceptors (Lipinski definition) is 4. The fraction of sp³-hybridized carbons (Fsp3) is 0.0714. The van der Waals surface area contributed by atoms with E-state index in [4.69, 9.17) is 4.74 Å². The van der Waals surface area contributed by atoms with Gasteiger partial charge in [0.15, 0.2) is 12.0 Å². The van der Waals surface area contributed by atoms with Crippen molar-refractivity contribution in [3.05, 3.63) is 60.5 Å². The van der Waals surface area contributed by atoms with Crippen molar-refractivity contribution < 1.29 is 27.6 Å². The highest BCUT2D eigenvalue weighted by Gasteiger charge is 2.33. The minimum Gasteiger partial charge on any atom is -0.448 e. The first-order chi connectivity index (χ1) is 11.1. The number of nitro groups is 1. The van der Waals surface area contributed by atoms with Gasteiger partial charge in [-0.05, 0) is 40.2 Å². The van der Waals surface area contributed by atoms with Crippen LogP contribution in [0.25, 0.3) is 0 Å². The third-order valence-electron chi connectivity index (χ3n) is 2.86. The van der Waals surface area contributed by atoms with Crippen molar-refractivity contribution in [3.8, 4) is 11.5 Å². The van der Waals surface area contributed by atoms with Gasteiger partial charge in [0.2, 0.25) is 5.75 Å². The third kappa shape index (κ3) is 3.93. The highest BCUT2D eigenvalue weighted by atomic mass is 79.9. The zero-order valence-electron chi connectivity index (χ0n) is 11.4. The molecule has 0 radical (unpaired) electrons. The van der Waals surface area contributed by atoms with E-state index < -0.39 is 28.1 Å². The largest absolute Gasteiger partial charge is 0.448 e. The van der Waals surface area contributed by atoms with Crippen LogP contribution in [0.15, 0.2) is 39.3 Å². The lowest BCUT2D eigenvalue weighted by atomic mass is 10.1. The molecule has 5 nitrogen and oxygen atoms in total. The molecule has 0 spiro atoms. The highest BCUT2D eigenvalue weighted by Crippen LogP contribution is 2.41. The number of nitrogens with zero attached hydrogens (tertiary/aromatic N) is 1. The summed E-state index contributed by atoms with van der Waals surface area (Å²) in [5.41, 5.74) is -1.98. The second kappa shape index (κ2) is 6.89. The zero-order chi connectivity index (χ0) is 18.1. The van der Waals surface area contributed by atoms with E-state index in [0.717, 1.165) is 6.07 Å². The number of nitro benzene ring substituents is 1. The van der Waals surface area contributed by atoms with Crippen molar-refractivity contribution in [3.63, 3.8) is 0 Å². The summed E-state index contributed by atoms with van der Waals surface area (Å²) >= 11 is 6.31. The Labute approximate surface area is 149 Å². The quantitative estimate of drug-likeness (QED) is 0.325. The van der Waals surface area contributed by atoms with Crippen molar-refractivity contribution in [2.24, 2.45) is 0 Å². The van der Waals surface area contributed by atoms with E-state index in [1.54, 1.807) is 0 Å². The fourth-order valence-electron chi connectivity index (χ4n) is 1.81. The fourth-order valence-corrected chi connectivity index (χ4v) is 3.15. The molecule has 0 saturated carbocycles. The maximum absolute atomic E-state index is 12.7. The molecule has 0 bridgehead atoms. The van der Waals surface area contributed by atoms with Crippen molar-refractivity contribution in [1.29, 1.82) is 0 Å². The molecular weight excluding hydrogens is 463 g/mol. The Morgan fingerprint density at radius 1 is 1.17 bits per heavy atom. The van der Waals surface area contributed by atoms with Crippen LogP contribution in [0.2, 0.25) is 0 Å². The summed E-state index contributed by atoms with van der Waals surface area (Å²) < 4.78 is 44.3. The normalized spacial score (nSPS) is 11.2. The Kier molecular flexibility index (Phi) is 5.29. The lowest BCUT2D eigenvalue weighted by Crippen LogP contribution is -2.06. The van der Waals surface area contributed by atoms with E-state index in [1.165, 1.54) is 12.1 Å². The van der Waals surface area contributed by atoms with Gasteiger partial charge in [-0.15, -0.1) is 0 Å². The number of aldehydes is 1. The third-order valence-corrected chi connectivity index (χ3v) is 3.91. The van der Waals surface area contributed by atoms with E-state index in [1.807, 2.05) is 0 Å². The molecule has 0 atom stereocenters. The molecule has 0 fully saturated rings. The van der Waals surface area contributed by atoms with Crippen LogP contribution in [-0.4, -0.2) is 11.2 Å². The van der Waals surface area contributed by atoms with Gasteiger partial charge in [0, 0.05) is 10.5 Å². The van der Waals surface area contributed by atoms with Crippen molar-refractivity contribution in [2.45, 2.75) is 6.18 Å². The SMILES string of the molecule is O=Cc1cc(Br)cc(Br)c1Oc1ccc(C(F)(F)F)cc1[N+](=O)[O-]. The molecular formula is C14H6Br2F3NO4. The van der Waals surface area contributed by atoms with Gasteiger partial charge in [-0.2, -0.15) is 13.2 Å². The predicted molar refractivity (Wildman–Crippen MR) is 85.4 cm³/mol. The van der Waals surface area contributed by atoms with Gasteiger partial charge >= 0.3 is 11.9 Å². The molecule has 0 aliphatic rings. The number of rotatable bonds is 4. The monoisotopic (exact) mass is 467 g/mol. The molecule has 0 aliphatic carbocycles. The van der Waals surface area contributed by atoms with E-state index in [-0.39, 0.29) is 11.3 Å². The summed E-state index contributed by atoms with van der Waals surface area (Å²) in [6.45, 7) is 0. The number of benzene rings is 2. The van der Waals surface area contributed by atoms with Gasteiger partial charge in [-0.3, -0.25) is 14.9 Å². The van der Waals surface area contributed by atoms with Crippen molar-refractivity contribution in [1.82, 2.24) is 0 Å². The van der Waals surface area contributed by atoms with Crippen LogP contribution < -0.4 is 4.74 Å². The van der Waals surface area contributed by atoms with E-state index in [2.05, 4.69) is 31.9 Å². The second-order valence-electron chi connectivity index (χ2n) is 4.46. The minimum atomic E-state index is -4.73. The van der Waals surface area contributed by atoms with E-state index >= 15 is 0 Å². The molecule has 0 aromatic heterocycles. The Morgan fingerprint density at radius 3 is 2.38 bits per heavy atom. The van der Waals surface area contributed by atoms with E-state index in [0.29, 0.717) is 27.4 Å². The molecule has 2 aromatic carbocycles. The molecule has 24 heavy (non-hydrogen) atoms. The minimum absolute atomic E-state index is 0.0453. The van der Waals surface area contributed by atoms with Gasteiger partial charge < -0.3 is 4.74 Å². The Morgan fingerprint density at radius 2 is 1.83 bits per heavy atom. The van der Waals surface area contributed by atoms with Gasteiger partial charge in [0.1, 0.15) is 0 Å². The van der Waals surface area contributed by atoms with Gasteiger partial charge in [0.25, 0.3) is 0 Å².